The minimum Gasteiger partial charge on any atom is -0.494 e. The second-order valence-corrected chi connectivity index (χ2v) is 9.04. The van der Waals surface area contributed by atoms with Crippen LogP contribution >= 0.6 is 7.82 Å². The number of nitrogens with one attached hydrogen (secondary N) is 2. The van der Waals surface area contributed by atoms with E-state index >= 15 is 0 Å². The summed E-state index contributed by atoms with van der Waals surface area (Å²) >= 11 is 0. The fourth-order valence-electron chi connectivity index (χ4n) is 3.48. The number of nitrogens with zero attached hydrogens (tertiary/aromatic N) is 2. The van der Waals surface area contributed by atoms with Gasteiger partial charge in [-0.1, -0.05) is 0 Å². The SMILES string of the molecule is COc1cc(Nc2ncc(C)c(Nc3ccc4c(c3)C(COP(=O)(O)O)C(=O)O4)n2)cc(C)c1F. The van der Waals surface area contributed by atoms with Crippen molar-refractivity contribution in [1.82, 2.24) is 9.97 Å². The van der Waals surface area contributed by atoms with Gasteiger partial charge in [0.05, 0.1) is 13.7 Å². The van der Waals surface area contributed by atoms with E-state index in [1.54, 1.807) is 44.3 Å². The van der Waals surface area contributed by atoms with Gasteiger partial charge < -0.3 is 29.9 Å². The number of anilines is 4. The highest BCUT2D eigenvalue weighted by atomic mass is 31.2. The first kappa shape index (κ1) is 24.6. The minimum absolute atomic E-state index is 0.0881. The summed E-state index contributed by atoms with van der Waals surface area (Å²) in [5, 5.41) is 6.16. The van der Waals surface area contributed by atoms with E-state index in [2.05, 4.69) is 25.1 Å². The highest BCUT2D eigenvalue weighted by molar-refractivity contribution is 7.46. The Hall–Kier alpha value is -3.57. The Kier molecular flexibility index (Phi) is 6.73. The second-order valence-electron chi connectivity index (χ2n) is 7.80. The molecule has 0 saturated carbocycles. The molecule has 1 unspecified atom stereocenters. The van der Waals surface area contributed by atoms with E-state index in [1.807, 2.05) is 0 Å². The van der Waals surface area contributed by atoms with Crippen LogP contribution in [-0.2, 0) is 13.9 Å². The van der Waals surface area contributed by atoms with Crippen molar-refractivity contribution in [3.05, 3.63) is 59.0 Å². The lowest BCUT2D eigenvalue weighted by molar-refractivity contribution is -0.134. The molecule has 4 rings (SSSR count). The van der Waals surface area contributed by atoms with Gasteiger partial charge in [-0.05, 0) is 43.7 Å². The summed E-state index contributed by atoms with van der Waals surface area (Å²) in [6.45, 7) is 2.89. The number of fused-ring (bicyclic) bond motifs is 1. The van der Waals surface area contributed by atoms with Crippen molar-refractivity contribution in [2.45, 2.75) is 19.8 Å². The first-order valence-corrected chi connectivity index (χ1v) is 11.8. The van der Waals surface area contributed by atoms with Gasteiger partial charge in [0.1, 0.15) is 17.5 Å². The molecule has 2 heterocycles. The first-order chi connectivity index (χ1) is 16.5. The molecule has 1 aliphatic heterocycles. The molecule has 0 bridgehead atoms. The lowest BCUT2D eigenvalue weighted by Crippen LogP contribution is -2.15. The average Bonchev–Trinajstić information content (AvgIpc) is 3.10. The number of methoxy groups -OCH3 is 1. The number of phosphoric acid groups is 1. The molecule has 184 valence electrons. The largest absolute Gasteiger partial charge is 0.494 e. The van der Waals surface area contributed by atoms with Crippen molar-refractivity contribution >= 4 is 36.9 Å². The number of hydrogen-bond acceptors (Lipinski definition) is 9. The summed E-state index contributed by atoms with van der Waals surface area (Å²) in [6, 6.07) is 7.95. The number of hydrogen-bond donors (Lipinski definition) is 4. The van der Waals surface area contributed by atoms with E-state index < -0.39 is 32.1 Å². The molecular weight excluding hydrogens is 482 g/mol. The van der Waals surface area contributed by atoms with Gasteiger partial charge in [0.2, 0.25) is 5.95 Å². The van der Waals surface area contributed by atoms with Crippen LogP contribution in [0.2, 0.25) is 0 Å². The van der Waals surface area contributed by atoms with E-state index in [9.17, 15) is 13.8 Å². The average molecular weight is 504 g/mol. The zero-order valence-corrected chi connectivity index (χ0v) is 19.8. The molecule has 2 aromatic carbocycles. The molecule has 4 N–H and O–H groups in total. The quantitative estimate of drug-likeness (QED) is 0.201. The summed E-state index contributed by atoms with van der Waals surface area (Å²) in [4.78, 5) is 38.8. The topological polar surface area (TPSA) is 152 Å². The van der Waals surface area contributed by atoms with Crippen LogP contribution in [-0.4, -0.2) is 39.4 Å². The number of carbonyl (C=O) groups is 1. The predicted molar refractivity (Wildman–Crippen MR) is 124 cm³/mol. The molecule has 35 heavy (non-hydrogen) atoms. The number of aromatic nitrogens is 2. The van der Waals surface area contributed by atoms with Gasteiger partial charge in [-0.15, -0.1) is 0 Å². The van der Waals surface area contributed by atoms with E-state index in [0.717, 1.165) is 5.56 Å². The Morgan fingerprint density at radius 3 is 2.63 bits per heavy atom. The third-order valence-electron chi connectivity index (χ3n) is 5.22. The van der Waals surface area contributed by atoms with Crippen molar-refractivity contribution in [2.24, 2.45) is 0 Å². The van der Waals surface area contributed by atoms with Crippen LogP contribution in [0.4, 0.5) is 27.5 Å². The number of ether oxygens (including phenoxy) is 2. The maximum Gasteiger partial charge on any atom is 0.469 e. The van der Waals surface area contributed by atoms with Crippen LogP contribution in [0.25, 0.3) is 0 Å². The maximum atomic E-state index is 14.1. The van der Waals surface area contributed by atoms with Gasteiger partial charge in [-0.3, -0.25) is 9.32 Å². The number of carbonyl (C=O) groups excluding carboxylic acids is 1. The van der Waals surface area contributed by atoms with E-state index in [4.69, 9.17) is 19.3 Å². The summed E-state index contributed by atoms with van der Waals surface area (Å²) in [5.41, 5.74) is 2.63. The van der Waals surface area contributed by atoms with Crippen molar-refractivity contribution in [3.63, 3.8) is 0 Å². The van der Waals surface area contributed by atoms with Crippen molar-refractivity contribution in [2.75, 3.05) is 24.4 Å². The van der Waals surface area contributed by atoms with Crippen molar-refractivity contribution in [3.8, 4) is 11.5 Å². The van der Waals surface area contributed by atoms with Gasteiger partial charge in [-0.25, -0.2) is 13.9 Å². The van der Waals surface area contributed by atoms with Crippen molar-refractivity contribution < 1.29 is 37.5 Å². The smallest absolute Gasteiger partial charge is 0.469 e. The highest BCUT2D eigenvalue weighted by Gasteiger charge is 2.35. The molecule has 13 heteroatoms. The van der Waals surface area contributed by atoms with Crippen LogP contribution in [0, 0.1) is 19.7 Å². The van der Waals surface area contributed by atoms with Gasteiger partial charge in [0, 0.05) is 34.8 Å². The number of rotatable bonds is 8. The van der Waals surface area contributed by atoms with Crippen molar-refractivity contribution in [1.29, 1.82) is 0 Å². The molecule has 0 amide bonds. The van der Waals surface area contributed by atoms with Crippen LogP contribution in [0.15, 0.2) is 36.5 Å². The van der Waals surface area contributed by atoms with Crippen LogP contribution in [0.5, 0.6) is 11.5 Å². The second kappa shape index (κ2) is 9.59. The molecule has 0 saturated heterocycles. The monoisotopic (exact) mass is 504 g/mol. The lowest BCUT2D eigenvalue weighted by Gasteiger charge is -2.14. The molecule has 3 aromatic rings. The number of phosphoric ester groups is 1. The van der Waals surface area contributed by atoms with E-state index in [0.29, 0.717) is 28.3 Å². The maximum absolute atomic E-state index is 14.1. The zero-order valence-electron chi connectivity index (χ0n) is 18.9. The van der Waals surface area contributed by atoms with Gasteiger partial charge in [-0.2, -0.15) is 4.98 Å². The summed E-state index contributed by atoms with van der Waals surface area (Å²) in [7, 11) is -3.37. The molecular formula is C22H22FN4O7P. The Balaban J connectivity index is 1.56. The number of esters is 1. The summed E-state index contributed by atoms with van der Waals surface area (Å²) < 4.78 is 39.8. The van der Waals surface area contributed by atoms with Crippen LogP contribution < -0.4 is 20.1 Å². The Morgan fingerprint density at radius 2 is 1.91 bits per heavy atom. The molecule has 0 fully saturated rings. The highest BCUT2D eigenvalue weighted by Crippen LogP contribution is 2.42. The van der Waals surface area contributed by atoms with Crippen LogP contribution in [0.1, 0.15) is 22.6 Å². The van der Waals surface area contributed by atoms with Gasteiger partial charge >= 0.3 is 13.8 Å². The molecule has 1 aromatic heterocycles. The molecule has 0 spiro atoms. The Bertz CT molecular complexity index is 1350. The standard InChI is InChI=1S/C22H22FN4O7P/c1-11-6-14(8-18(32-3)19(11)23)26-22-24-9-12(2)20(27-22)25-13-4-5-17-15(7-13)16(21(28)34-17)10-33-35(29,30)31/h4-9,16H,10H2,1-3H3,(H2,29,30,31)(H2,24,25,26,27). The normalized spacial score (nSPS) is 14.9. The minimum atomic E-state index is -4.75. The number of aryl methyl sites for hydroxylation is 2. The molecule has 1 aliphatic rings. The van der Waals surface area contributed by atoms with E-state index in [-0.39, 0.29) is 17.4 Å². The predicted octanol–water partition coefficient (Wildman–Crippen LogP) is 3.84. The fraction of sp³-hybridized carbons (Fsp3) is 0.227. The lowest BCUT2D eigenvalue weighted by atomic mass is 10.0. The fourth-order valence-corrected chi connectivity index (χ4v) is 3.82. The summed E-state index contributed by atoms with van der Waals surface area (Å²) in [6.07, 6.45) is 1.60. The molecule has 0 radical (unpaired) electrons. The van der Waals surface area contributed by atoms with Gasteiger partial charge in [0.25, 0.3) is 0 Å². The third kappa shape index (κ3) is 5.57. The van der Waals surface area contributed by atoms with Crippen LogP contribution in [0.3, 0.4) is 0 Å². The zero-order chi connectivity index (χ0) is 25.3. The Labute approximate surface area is 199 Å². The molecule has 0 aliphatic carbocycles. The van der Waals surface area contributed by atoms with Gasteiger partial charge in [0.15, 0.2) is 11.6 Å². The van der Waals surface area contributed by atoms with E-state index in [1.165, 1.54) is 13.2 Å². The summed E-state index contributed by atoms with van der Waals surface area (Å²) in [5.74, 6) is -1.03. The number of benzene rings is 2. The molecule has 1 atom stereocenters. The number of halogens is 1. The Morgan fingerprint density at radius 1 is 1.14 bits per heavy atom. The third-order valence-corrected chi connectivity index (χ3v) is 5.71. The molecule has 11 nitrogen and oxygen atoms in total. The first-order valence-electron chi connectivity index (χ1n) is 10.3.